The molecule has 0 radical (unpaired) electrons. The molecule has 1 saturated carbocycles. The molecule has 2 aliphatic rings. The number of rotatable bonds is 2. The van der Waals surface area contributed by atoms with E-state index in [0.717, 1.165) is 28.7 Å². The van der Waals surface area contributed by atoms with Crippen molar-refractivity contribution in [3.8, 4) is 0 Å². The summed E-state index contributed by atoms with van der Waals surface area (Å²) in [6.45, 7) is 5.47. The quantitative estimate of drug-likeness (QED) is 0.743. The third-order valence-corrected chi connectivity index (χ3v) is 5.16. The standard InChI is InChI=1S/C16H24BrN3/c1-11(2)16-18-14(17)10-15(19-16)20-9-5-7-12-6-3-4-8-13(12)20/h10-13H,3-9H2,1-2H3. The van der Waals surface area contributed by atoms with Crippen molar-refractivity contribution in [1.29, 1.82) is 0 Å². The molecule has 2 unspecified atom stereocenters. The predicted octanol–water partition coefficient (Wildman–Crippen LogP) is 4.52. The third-order valence-electron chi connectivity index (χ3n) is 4.75. The van der Waals surface area contributed by atoms with E-state index in [0.29, 0.717) is 12.0 Å². The molecule has 2 fully saturated rings. The molecule has 1 aliphatic carbocycles. The number of aromatic nitrogens is 2. The number of hydrogen-bond donors (Lipinski definition) is 0. The molecule has 0 aromatic carbocycles. The molecule has 1 aliphatic heterocycles. The van der Waals surface area contributed by atoms with Gasteiger partial charge in [0, 0.05) is 24.6 Å². The van der Waals surface area contributed by atoms with Gasteiger partial charge in [-0.05, 0) is 47.5 Å². The largest absolute Gasteiger partial charge is 0.353 e. The van der Waals surface area contributed by atoms with E-state index in [4.69, 9.17) is 4.98 Å². The zero-order valence-electron chi connectivity index (χ0n) is 12.5. The Morgan fingerprint density at radius 3 is 2.70 bits per heavy atom. The second-order valence-corrected chi connectivity index (χ2v) is 7.32. The Hall–Kier alpha value is -0.640. The first kappa shape index (κ1) is 14.3. The van der Waals surface area contributed by atoms with Crippen LogP contribution in [0.1, 0.15) is 64.1 Å². The highest BCUT2D eigenvalue weighted by atomic mass is 79.9. The van der Waals surface area contributed by atoms with E-state index in [9.17, 15) is 0 Å². The van der Waals surface area contributed by atoms with Gasteiger partial charge in [-0.25, -0.2) is 9.97 Å². The summed E-state index contributed by atoms with van der Waals surface area (Å²) in [4.78, 5) is 11.9. The van der Waals surface area contributed by atoms with Crippen molar-refractivity contribution in [2.24, 2.45) is 5.92 Å². The molecule has 0 bridgehead atoms. The SMILES string of the molecule is CC(C)c1nc(Br)cc(N2CCCC3CCCCC32)n1. The van der Waals surface area contributed by atoms with Crippen LogP contribution in [0.15, 0.2) is 10.7 Å². The summed E-state index contributed by atoms with van der Waals surface area (Å²) in [5, 5.41) is 0. The lowest BCUT2D eigenvalue weighted by atomic mass is 9.78. The van der Waals surface area contributed by atoms with Gasteiger partial charge >= 0.3 is 0 Å². The molecule has 3 nitrogen and oxygen atoms in total. The Balaban J connectivity index is 1.90. The van der Waals surface area contributed by atoms with Crippen molar-refractivity contribution in [1.82, 2.24) is 9.97 Å². The monoisotopic (exact) mass is 337 g/mol. The van der Waals surface area contributed by atoms with Gasteiger partial charge in [-0.3, -0.25) is 0 Å². The molecular weight excluding hydrogens is 314 g/mol. The molecule has 2 heterocycles. The number of nitrogens with zero attached hydrogens (tertiary/aromatic N) is 3. The zero-order valence-corrected chi connectivity index (χ0v) is 14.1. The maximum absolute atomic E-state index is 4.83. The predicted molar refractivity (Wildman–Crippen MR) is 86.1 cm³/mol. The van der Waals surface area contributed by atoms with Crippen molar-refractivity contribution < 1.29 is 0 Å². The van der Waals surface area contributed by atoms with Gasteiger partial charge in [0.1, 0.15) is 16.2 Å². The van der Waals surface area contributed by atoms with Crippen molar-refractivity contribution in [2.45, 2.75) is 64.3 Å². The first-order valence-electron chi connectivity index (χ1n) is 7.96. The lowest BCUT2D eigenvalue weighted by molar-refractivity contribution is 0.242. The number of halogens is 1. The number of piperidine rings is 1. The molecule has 1 aromatic heterocycles. The van der Waals surface area contributed by atoms with Gasteiger partial charge in [0.05, 0.1) is 0 Å². The molecule has 0 spiro atoms. The second kappa shape index (κ2) is 6.00. The Bertz CT molecular complexity index is 473. The van der Waals surface area contributed by atoms with Crippen LogP contribution in [0.4, 0.5) is 5.82 Å². The minimum absolute atomic E-state index is 0.373. The van der Waals surface area contributed by atoms with Crippen LogP contribution in [0.3, 0.4) is 0 Å². The van der Waals surface area contributed by atoms with Gasteiger partial charge < -0.3 is 4.90 Å². The van der Waals surface area contributed by atoms with E-state index in [1.54, 1.807) is 0 Å². The Morgan fingerprint density at radius 2 is 1.90 bits per heavy atom. The highest BCUT2D eigenvalue weighted by Gasteiger charge is 2.34. The summed E-state index contributed by atoms with van der Waals surface area (Å²) < 4.78 is 0.920. The smallest absolute Gasteiger partial charge is 0.134 e. The molecule has 4 heteroatoms. The second-order valence-electron chi connectivity index (χ2n) is 6.51. The maximum atomic E-state index is 4.83. The van der Waals surface area contributed by atoms with Crippen molar-refractivity contribution in [3.05, 3.63) is 16.5 Å². The summed E-state index contributed by atoms with van der Waals surface area (Å²) in [6, 6.07) is 2.81. The third kappa shape index (κ3) is 2.85. The molecule has 3 rings (SSSR count). The topological polar surface area (TPSA) is 29.0 Å². The lowest BCUT2D eigenvalue weighted by Gasteiger charge is -2.44. The van der Waals surface area contributed by atoms with Crippen LogP contribution in [0.5, 0.6) is 0 Å². The molecule has 1 aromatic rings. The summed E-state index contributed by atoms with van der Waals surface area (Å²) in [7, 11) is 0. The van der Waals surface area contributed by atoms with Gasteiger partial charge in [0.25, 0.3) is 0 Å². The average Bonchev–Trinajstić information content (AvgIpc) is 2.46. The Labute approximate surface area is 130 Å². The van der Waals surface area contributed by atoms with Gasteiger partial charge in [0.15, 0.2) is 0 Å². The van der Waals surface area contributed by atoms with Crippen LogP contribution < -0.4 is 4.90 Å². The minimum Gasteiger partial charge on any atom is -0.353 e. The van der Waals surface area contributed by atoms with Crippen molar-refractivity contribution in [3.63, 3.8) is 0 Å². The number of fused-ring (bicyclic) bond motifs is 1. The fourth-order valence-corrected chi connectivity index (χ4v) is 4.12. The molecule has 20 heavy (non-hydrogen) atoms. The first-order chi connectivity index (χ1) is 9.65. The minimum atomic E-state index is 0.373. The zero-order chi connectivity index (χ0) is 14.1. The molecular formula is C16H24BrN3. The fourth-order valence-electron chi connectivity index (χ4n) is 3.74. The fraction of sp³-hybridized carbons (Fsp3) is 0.750. The van der Waals surface area contributed by atoms with Gasteiger partial charge in [-0.1, -0.05) is 26.7 Å². The van der Waals surface area contributed by atoms with E-state index in [1.807, 2.05) is 0 Å². The van der Waals surface area contributed by atoms with E-state index in [2.05, 4.69) is 45.7 Å². The number of hydrogen-bond acceptors (Lipinski definition) is 3. The summed E-state index contributed by atoms with van der Waals surface area (Å²) in [5.41, 5.74) is 0. The Kier molecular flexibility index (Phi) is 4.29. The number of anilines is 1. The van der Waals surface area contributed by atoms with Crippen LogP contribution >= 0.6 is 15.9 Å². The van der Waals surface area contributed by atoms with Crippen LogP contribution in [-0.2, 0) is 0 Å². The van der Waals surface area contributed by atoms with E-state index in [1.165, 1.54) is 38.5 Å². The average molecular weight is 338 g/mol. The van der Waals surface area contributed by atoms with Crippen LogP contribution in [0.2, 0.25) is 0 Å². The van der Waals surface area contributed by atoms with Gasteiger partial charge in [0.2, 0.25) is 0 Å². The van der Waals surface area contributed by atoms with E-state index in [-0.39, 0.29) is 0 Å². The summed E-state index contributed by atoms with van der Waals surface area (Å²) >= 11 is 3.56. The normalized spacial score (nSPS) is 26.7. The molecule has 110 valence electrons. The summed E-state index contributed by atoms with van der Waals surface area (Å²) in [6.07, 6.45) is 8.25. The molecule has 1 saturated heterocycles. The Morgan fingerprint density at radius 1 is 1.15 bits per heavy atom. The summed E-state index contributed by atoms with van der Waals surface area (Å²) in [5.74, 6) is 3.34. The van der Waals surface area contributed by atoms with E-state index >= 15 is 0 Å². The van der Waals surface area contributed by atoms with Gasteiger partial charge in [-0.15, -0.1) is 0 Å². The van der Waals surface area contributed by atoms with Crippen molar-refractivity contribution in [2.75, 3.05) is 11.4 Å². The first-order valence-corrected chi connectivity index (χ1v) is 8.75. The van der Waals surface area contributed by atoms with Gasteiger partial charge in [-0.2, -0.15) is 0 Å². The van der Waals surface area contributed by atoms with Crippen LogP contribution in [0.25, 0.3) is 0 Å². The van der Waals surface area contributed by atoms with E-state index < -0.39 is 0 Å². The lowest BCUT2D eigenvalue weighted by Crippen LogP contribution is -2.47. The molecule has 0 amide bonds. The molecule has 0 N–H and O–H groups in total. The van der Waals surface area contributed by atoms with Crippen molar-refractivity contribution >= 4 is 21.7 Å². The highest BCUT2D eigenvalue weighted by molar-refractivity contribution is 9.10. The molecule has 2 atom stereocenters. The van der Waals surface area contributed by atoms with Crippen LogP contribution in [0, 0.1) is 5.92 Å². The maximum Gasteiger partial charge on any atom is 0.134 e. The highest BCUT2D eigenvalue weighted by Crippen LogP contribution is 2.37. The van der Waals surface area contributed by atoms with Crippen LogP contribution in [-0.4, -0.2) is 22.6 Å².